The molecule has 1 aromatic rings. The van der Waals surface area contributed by atoms with Crippen LogP contribution in [0.2, 0.25) is 0 Å². The third kappa shape index (κ3) is 2.16. The topological polar surface area (TPSA) is 69.9 Å². The van der Waals surface area contributed by atoms with Gasteiger partial charge in [0.25, 0.3) is 0 Å². The summed E-state index contributed by atoms with van der Waals surface area (Å²) in [7, 11) is 1.49. The quantitative estimate of drug-likeness (QED) is 0.672. The van der Waals surface area contributed by atoms with Gasteiger partial charge in [-0.15, -0.1) is 0 Å². The standard InChI is InChI=1S/C10H14O4/c1-6(11)10(13)8-5-7(14-2)3-4-9(8)12/h3-6,10-13H,1-2H3/t6-,10-/m0/s1. The van der Waals surface area contributed by atoms with Crippen LogP contribution in [0, 0.1) is 0 Å². The largest absolute Gasteiger partial charge is 0.508 e. The van der Waals surface area contributed by atoms with E-state index in [4.69, 9.17) is 9.84 Å². The Balaban J connectivity index is 3.05. The van der Waals surface area contributed by atoms with Gasteiger partial charge in [0.05, 0.1) is 13.2 Å². The van der Waals surface area contributed by atoms with Gasteiger partial charge in [-0.2, -0.15) is 0 Å². The second-order valence-electron chi connectivity index (χ2n) is 3.11. The van der Waals surface area contributed by atoms with Gasteiger partial charge in [-0.05, 0) is 25.1 Å². The molecule has 4 heteroatoms. The molecule has 1 aromatic carbocycles. The molecule has 2 atom stereocenters. The van der Waals surface area contributed by atoms with Crippen LogP contribution in [0.25, 0.3) is 0 Å². The predicted octanol–water partition coefficient (Wildman–Crippen LogP) is 0.815. The number of methoxy groups -OCH3 is 1. The molecule has 3 N–H and O–H groups in total. The molecule has 78 valence electrons. The number of aromatic hydroxyl groups is 1. The van der Waals surface area contributed by atoms with Crippen molar-refractivity contribution in [3.8, 4) is 11.5 Å². The summed E-state index contributed by atoms with van der Waals surface area (Å²) in [6.45, 7) is 1.45. The molecule has 0 aromatic heterocycles. The third-order valence-corrected chi connectivity index (χ3v) is 2.01. The Morgan fingerprint density at radius 2 is 1.93 bits per heavy atom. The molecule has 0 aliphatic heterocycles. The fourth-order valence-corrected chi connectivity index (χ4v) is 1.16. The fourth-order valence-electron chi connectivity index (χ4n) is 1.16. The average molecular weight is 198 g/mol. The SMILES string of the molecule is COc1ccc(O)c([C@@H](O)[C@H](C)O)c1. The number of aliphatic hydroxyl groups excluding tert-OH is 2. The van der Waals surface area contributed by atoms with Gasteiger partial charge in [0, 0.05) is 5.56 Å². The van der Waals surface area contributed by atoms with E-state index in [-0.39, 0.29) is 11.3 Å². The lowest BCUT2D eigenvalue weighted by Gasteiger charge is -2.15. The number of phenols is 1. The van der Waals surface area contributed by atoms with E-state index in [1.54, 1.807) is 6.07 Å². The first-order valence-electron chi connectivity index (χ1n) is 4.29. The van der Waals surface area contributed by atoms with Gasteiger partial charge in [-0.1, -0.05) is 0 Å². The summed E-state index contributed by atoms with van der Waals surface area (Å²) >= 11 is 0. The van der Waals surface area contributed by atoms with Gasteiger partial charge in [0.15, 0.2) is 0 Å². The smallest absolute Gasteiger partial charge is 0.121 e. The molecule has 0 aliphatic rings. The van der Waals surface area contributed by atoms with Crippen molar-refractivity contribution in [3.63, 3.8) is 0 Å². The second-order valence-corrected chi connectivity index (χ2v) is 3.11. The first kappa shape index (κ1) is 10.8. The zero-order chi connectivity index (χ0) is 10.7. The minimum absolute atomic E-state index is 0.0563. The van der Waals surface area contributed by atoms with Crippen molar-refractivity contribution in [2.24, 2.45) is 0 Å². The molecule has 1 rings (SSSR count). The molecule has 14 heavy (non-hydrogen) atoms. The summed E-state index contributed by atoms with van der Waals surface area (Å²) < 4.78 is 4.94. The van der Waals surface area contributed by atoms with Gasteiger partial charge >= 0.3 is 0 Å². The van der Waals surface area contributed by atoms with E-state index in [1.807, 2.05) is 0 Å². The predicted molar refractivity (Wildman–Crippen MR) is 51.3 cm³/mol. The highest BCUT2D eigenvalue weighted by Crippen LogP contribution is 2.29. The average Bonchev–Trinajstić information content (AvgIpc) is 2.17. The van der Waals surface area contributed by atoms with Gasteiger partial charge in [0.2, 0.25) is 0 Å². The highest BCUT2D eigenvalue weighted by atomic mass is 16.5. The number of benzene rings is 1. The molecule has 0 fully saturated rings. The van der Waals surface area contributed by atoms with Crippen LogP contribution in [0.4, 0.5) is 0 Å². The summed E-state index contributed by atoms with van der Waals surface area (Å²) in [6, 6.07) is 4.49. The van der Waals surface area contributed by atoms with Crippen molar-refractivity contribution in [1.29, 1.82) is 0 Å². The maximum atomic E-state index is 9.53. The molecule has 0 unspecified atom stereocenters. The number of rotatable bonds is 3. The van der Waals surface area contributed by atoms with E-state index < -0.39 is 12.2 Å². The van der Waals surface area contributed by atoms with E-state index in [9.17, 15) is 10.2 Å². The van der Waals surface area contributed by atoms with Crippen LogP contribution < -0.4 is 4.74 Å². The number of phenolic OH excluding ortho intramolecular Hbond substituents is 1. The number of ether oxygens (including phenoxy) is 1. The first-order valence-corrected chi connectivity index (χ1v) is 4.29. The molecule has 0 saturated carbocycles. The van der Waals surface area contributed by atoms with Crippen LogP contribution in [-0.2, 0) is 0 Å². The normalized spacial score (nSPS) is 14.9. The van der Waals surface area contributed by atoms with Gasteiger partial charge < -0.3 is 20.1 Å². The van der Waals surface area contributed by atoms with Crippen molar-refractivity contribution in [2.45, 2.75) is 19.1 Å². The molecule has 0 aliphatic carbocycles. The number of hydrogen-bond acceptors (Lipinski definition) is 4. The molecular formula is C10H14O4. The Labute approximate surface area is 82.4 Å². The fraction of sp³-hybridized carbons (Fsp3) is 0.400. The molecule has 0 saturated heterocycles. The summed E-state index contributed by atoms with van der Waals surface area (Å²) in [6.07, 6.45) is -2.04. The summed E-state index contributed by atoms with van der Waals surface area (Å²) in [5.41, 5.74) is 0.263. The first-order chi connectivity index (χ1) is 6.56. The second kappa shape index (κ2) is 4.30. The van der Waals surface area contributed by atoms with Crippen LogP contribution in [-0.4, -0.2) is 28.5 Å². The molecule has 0 heterocycles. The molecular weight excluding hydrogens is 184 g/mol. The Hall–Kier alpha value is -1.26. The van der Waals surface area contributed by atoms with Gasteiger partial charge in [-0.3, -0.25) is 0 Å². The lowest BCUT2D eigenvalue weighted by molar-refractivity contribution is 0.0289. The van der Waals surface area contributed by atoms with Gasteiger partial charge in [-0.25, -0.2) is 0 Å². The minimum atomic E-state index is -1.11. The van der Waals surface area contributed by atoms with Crippen molar-refractivity contribution in [2.75, 3.05) is 7.11 Å². The lowest BCUT2D eigenvalue weighted by atomic mass is 10.0. The maximum Gasteiger partial charge on any atom is 0.121 e. The molecule has 0 radical (unpaired) electrons. The Kier molecular flexibility index (Phi) is 3.33. The zero-order valence-electron chi connectivity index (χ0n) is 8.14. The summed E-state index contributed by atoms with van der Waals surface area (Å²) in [4.78, 5) is 0. The highest BCUT2D eigenvalue weighted by Gasteiger charge is 2.17. The number of hydrogen-bond donors (Lipinski definition) is 3. The highest BCUT2D eigenvalue weighted by molar-refractivity contribution is 5.40. The Morgan fingerprint density at radius 3 is 2.43 bits per heavy atom. The molecule has 0 spiro atoms. The lowest BCUT2D eigenvalue weighted by Crippen LogP contribution is -2.13. The zero-order valence-corrected chi connectivity index (χ0v) is 8.14. The summed E-state index contributed by atoms with van der Waals surface area (Å²) in [5, 5.41) is 28.1. The summed E-state index contributed by atoms with van der Waals surface area (Å²) in [5.74, 6) is 0.469. The van der Waals surface area contributed by atoms with Crippen molar-refractivity contribution < 1.29 is 20.1 Å². The van der Waals surface area contributed by atoms with Crippen LogP contribution in [0.5, 0.6) is 11.5 Å². The van der Waals surface area contributed by atoms with Crippen molar-refractivity contribution in [1.82, 2.24) is 0 Å². The van der Waals surface area contributed by atoms with Crippen molar-refractivity contribution >= 4 is 0 Å². The monoisotopic (exact) mass is 198 g/mol. The molecule has 0 bridgehead atoms. The van der Waals surface area contributed by atoms with E-state index in [0.717, 1.165) is 0 Å². The molecule has 0 amide bonds. The van der Waals surface area contributed by atoms with E-state index >= 15 is 0 Å². The van der Waals surface area contributed by atoms with Crippen LogP contribution in [0.15, 0.2) is 18.2 Å². The van der Waals surface area contributed by atoms with E-state index in [0.29, 0.717) is 5.75 Å². The van der Waals surface area contributed by atoms with Crippen LogP contribution >= 0.6 is 0 Å². The third-order valence-electron chi connectivity index (χ3n) is 2.01. The maximum absolute atomic E-state index is 9.53. The molecule has 4 nitrogen and oxygen atoms in total. The van der Waals surface area contributed by atoms with E-state index in [2.05, 4.69) is 0 Å². The Morgan fingerprint density at radius 1 is 1.29 bits per heavy atom. The van der Waals surface area contributed by atoms with Crippen LogP contribution in [0.1, 0.15) is 18.6 Å². The van der Waals surface area contributed by atoms with Crippen LogP contribution in [0.3, 0.4) is 0 Å². The van der Waals surface area contributed by atoms with E-state index in [1.165, 1.54) is 26.2 Å². The van der Waals surface area contributed by atoms with Crippen molar-refractivity contribution in [3.05, 3.63) is 23.8 Å². The van der Waals surface area contributed by atoms with Gasteiger partial charge in [0.1, 0.15) is 17.6 Å². The minimum Gasteiger partial charge on any atom is -0.508 e. The Bertz CT molecular complexity index is 309. The number of aliphatic hydroxyl groups is 2.